The normalized spacial score (nSPS) is 19.6. The Morgan fingerprint density at radius 2 is 2.25 bits per heavy atom. The number of hydrogen-bond donors (Lipinski definition) is 2. The van der Waals surface area contributed by atoms with Crippen LogP contribution in [0.2, 0.25) is 0 Å². The third-order valence-electron chi connectivity index (χ3n) is 4.61. The molecule has 1 atom stereocenters. The van der Waals surface area contributed by atoms with Crippen LogP contribution in [0.5, 0.6) is 5.75 Å². The van der Waals surface area contributed by atoms with Gasteiger partial charge in [-0.15, -0.1) is 0 Å². The van der Waals surface area contributed by atoms with Crippen molar-refractivity contribution >= 4 is 34.5 Å². The molecular weight excluding hydrogens is 376 g/mol. The van der Waals surface area contributed by atoms with Crippen molar-refractivity contribution < 1.29 is 9.53 Å². The fourth-order valence-corrected chi connectivity index (χ4v) is 3.88. The van der Waals surface area contributed by atoms with Gasteiger partial charge in [0.05, 0.1) is 17.6 Å². The summed E-state index contributed by atoms with van der Waals surface area (Å²) in [5.74, 6) is 1.35. The van der Waals surface area contributed by atoms with Gasteiger partial charge in [-0.2, -0.15) is 0 Å². The first-order valence-electron chi connectivity index (χ1n) is 8.97. The molecule has 2 aromatic heterocycles. The summed E-state index contributed by atoms with van der Waals surface area (Å²) in [6, 6.07) is 5.68. The number of aliphatic imine (C=N–C) groups is 1. The monoisotopic (exact) mass is 398 g/mol. The van der Waals surface area contributed by atoms with Crippen LogP contribution < -0.4 is 19.7 Å². The predicted octanol–water partition coefficient (Wildman–Crippen LogP) is 2.89. The van der Waals surface area contributed by atoms with Crippen LogP contribution in [0.15, 0.2) is 35.6 Å². The number of nitrogens with one attached hydrogen (secondary N) is 2. The third kappa shape index (κ3) is 3.67. The Balaban J connectivity index is 1.53. The summed E-state index contributed by atoms with van der Waals surface area (Å²) in [6.07, 6.45) is 4.03. The maximum absolute atomic E-state index is 11.7. The minimum Gasteiger partial charge on any atom is -0.486 e. The summed E-state index contributed by atoms with van der Waals surface area (Å²) >= 11 is 1.38. The van der Waals surface area contributed by atoms with Gasteiger partial charge in [-0.1, -0.05) is 0 Å². The van der Waals surface area contributed by atoms with Gasteiger partial charge in [-0.25, -0.2) is 14.7 Å². The Kier molecular flexibility index (Phi) is 4.72. The number of aromatic nitrogens is 2. The largest absolute Gasteiger partial charge is 0.486 e. The Bertz CT molecular complexity index is 961. The Labute approximate surface area is 167 Å². The highest BCUT2D eigenvalue weighted by atomic mass is 32.2. The maximum atomic E-state index is 11.7. The van der Waals surface area contributed by atoms with Crippen molar-refractivity contribution in [2.45, 2.75) is 39.0 Å². The van der Waals surface area contributed by atoms with E-state index in [1.54, 1.807) is 30.4 Å². The molecular formula is C19H22N6O2S. The highest BCUT2D eigenvalue weighted by molar-refractivity contribution is 8.12. The van der Waals surface area contributed by atoms with Crippen LogP contribution in [-0.4, -0.2) is 33.7 Å². The minimum absolute atomic E-state index is 0.0689. The Morgan fingerprint density at radius 1 is 1.43 bits per heavy atom. The van der Waals surface area contributed by atoms with E-state index in [0.29, 0.717) is 16.7 Å². The van der Waals surface area contributed by atoms with Crippen molar-refractivity contribution in [1.29, 1.82) is 0 Å². The zero-order valence-corrected chi connectivity index (χ0v) is 17.0. The second kappa shape index (κ2) is 7.06. The molecule has 0 radical (unpaired) electrons. The molecule has 1 unspecified atom stereocenters. The van der Waals surface area contributed by atoms with Crippen LogP contribution in [0, 0.1) is 0 Å². The van der Waals surface area contributed by atoms with Crippen molar-refractivity contribution in [3.05, 3.63) is 41.9 Å². The number of fused-ring (bicyclic) bond motifs is 1. The summed E-state index contributed by atoms with van der Waals surface area (Å²) < 4.78 is 9.16. The number of pyridine rings is 2. The van der Waals surface area contributed by atoms with Crippen LogP contribution >= 0.6 is 11.9 Å². The van der Waals surface area contributed by atoms with Gasteiger partial charge in [-0.05, 0) is 44.0 Å². The summed E-state index contributed by atoms with van der Waals surface area (Å²) in [6.45, 7) is 5.65. The van der Waals surface area contributed by atoms with Crippen molar-refractivity contribution in [2.75, 3.05) is 17.3 Å². The lowest BCUT2D eigenvalue weighted by molar-refractivity contribution is -0.116. The Morgan fingerprint density at radius 3 is 3.04 bits per heavy atom. The molecule has 2 N–H and O–H groups in total. The summed E-state index contributed by atoms with van der Waals surface area (Å²) in [4.78, 5) is 26.8. The number of amides is 1. The fraction of sp³-hybridized carbons (Fsp3) is 0.368. The lowest BCUT2D eigenvalue weighted by Gasteiger charge is -2.18. The summed E-state index contributed by atoms with van der Waals surface area (Å²) in [7, 11) is 1.72. The number of nitrogens with zero attached hydrogens (tertiary/aromatic N) is 4. The quantitative estimate of drug-likeness (QED) is 0.768. The molecule has 0 bridgehead atoms. The van der Waals surface area contributed by atoms with Crippen molar-refractivity contribution in [2.24, 2.45) is 4.99 Å². The number of rotatable bonds is 3. The van der Waals surface area contributed by atoms with E-state index < -0.39 is 0 Å². The van der Waals surface area contributed by atoms with Crippen LogP contribution in [0.4, 0.5) is 11.5 Å². The molecule has 2 aliphatic heterocycles. The molecule has 4 heterocycles. The molecule has 0 aromatic carbocycles. The highest BCUT2D eigenvalue weighted by Gasteiger charge is 2.32. The number of amidine groups is 1. The smallest absolute Gasteiger partial charge is 0.223 e. The summed E-state index contributed by atoms with van der Waals surface area (Å²) in [5, 5.41) is 3.87. The van der Waals surface area contributed by atoms with E-state index >= 15 is 0 Å². The predicted molar refractivity (Wildman–Crippen MR) is 110 cm³/mol. The first-order valence-corrected chi connectivity index (χ1v) is 9.78. The van der Waals surface area contributed by atoms with E-state index in [0.717, 1.165) is 23.4 Å². The average molecular weight is 398 g/mol. The van der Waals surface area contributed by atoms with Crippen molar-refractivity contribution in [3.8, 4) is 5.75 Å². The molecule has 0 saturated heterocycles. The Hall–Kier alpha value is -2.65. The standard InChI is InChI=1S/C19H22N6O2S/c1-11(26)25(4)14-6-5-7-20-17(14)23-18-22-16(24-28-18)13-8-12-9-19(2,3)27-15(12)10-21-13/h5-8,10,16,24H,9H2,1-4H3,(H,20,22,23). The highest BCUT2D eigenvalue weighted by Crippen LogP contribution is 2.36. The number of carbonyl (C=O) groups excluding carboxylic acids is 1. The van der Waals surface area contributed by atoms with Crippen molar-refractivity contribution in [1.82, 2.24) is 14.7 Å². The zero-order valence-electron chi connectivity index (χ0n) is 16.2. The van der Waals surface area contributed by atoms with E-state index in [-0.39, 0.29) is 17.7 Å². The number of ether oxygens (including phenoxy) is 1. The molecule has 2 aromatic rings. The number of hydrogen-bond acceptors (Lipinski definition) is 8. The minimum atomic E-state index is -0.265. The molecule has 0 fully saturated rings. The van der Waals surface area contributed by atoms with Gasteiger partial charge >= 0.3 is 0 Å². The SMILES string of the molecule is CC(=O)N(C)c1cccnc1NC1=NC(c2cc3c(cn2)OC(C)(C)C3)NS1. The third-order valence-corrected chi connectivity index (χ3v) is 5.35. The van der Waals surface area contributed by atoms with Gasteiger partial charge < -0.3 is 15.0 Å². The number of carbonyl (C=O) groups is 1. The fourth-order valence-electron chi connectivity index (χ4n) is 3.18. The van der Waals surface area contributed by atoms with Gasteiger partial charge in [0.1, 0.15) is 11.4 Å². The molecule has 28 heavy (non-hydrogen) atoms. The van der Waals surface area contributed by atoms with Crippen molar-refractivity contribution in [3.63, 3.8) is 0 Å². The molecule has 0 saturated carbocycles. The van der Waals surface area contributed by atoms with Gasteiger partial charge in [0.25, 0.3) is 0 Å². The lowest BCUT2D eigenvalue weighted by Crippen LogP contribution is -2.24. The molecule has 146 valence electrons. The van der Waals surface area contributed by atoms with Gasteiger partial charge in [0.2, 0.25) is 5.91 Å². The topological polar surface area (TPSA) is 91.7 Å². The molecule has 8 nitrogen and oxygen atoms in total. The molecule has 0 aliphatic carbocycles. The van der Waals surface area contributed by atoms with Gasteiger partial charge in [-0.3, -0.25) is 9.78 Å². The lowest BCUT2D eigenvalue weighted by atomic mass is 10.0. The zero-order chi connectivity index (χ0) is 19.9. The maximum Gasteiger partial charge on any atom is 0.223 e. The van der Waals surface area contributed by atoms with E-state index in [1.807, 2.05) is 12.1 Å². The molecule has 9 heteroatoms. The first kappa shape index (κ1) is 18.7. The van der Waals surface area contributed by atoms with Crippen LogP contribution in [0.3, 0.4) is 0 Å². The van der Waals surface area contributed by atoms with Crippen LogP contribution in [0.25, 0.3) is 0 Å². The first-order chi connectivity index (χ1) is 13.3. The van der Waals surface area contributed by atoms with Crippen LogP contribution in [0.1, 0.15) is 38.2 Å². The van der Waals surface area contributed by atoms with E-state index in [1.165, 1.54) is 18.9 Å². The molecule has 2 aliphatic rings. The second-order valence-corrected chi connectivity index (χ2v) is 8.21. The van der Waals surface area contributed by atoms with Gasteiger partial charge in [0, 0.05) is 32.2 Å². The average Bonchev–Trinajstić information content (AvgIpc) is 3.23. The van der Waals surface area contributed by atoms with E-state index in [4.69, 9.17) is 4.74 Å². The van der Waals surface area contributed by atoms with Gasteiger partial charge in [0.15, 0.2) is 17.2 Å². The number of anilines is 2. The van der Waals surface area contributed by atoms with E-state index in [9.17, 15) is 4.79 Å². The molecule has 1 amide bonds. The second-order valence-electron chi connectivity index (χ2n) is 7.39. The molecule has 4 rings (SSSR count). The van der Waals surface area contributed by atoms with E-state index in [2.05, 4.69) is 38.8 Å². The summed E-state index contributed by atoms with van der Waals surface area (Å²) in [5.41, 5.74) is 2.48. The molecule has 0 spiro atoms. The van der Waals surface area contributed by atoms with Crippen LogP contribution in [-0.2, 0) is 11.2 Å².